The van der Waals surface area contributed by atoms with Crippen LogP contribution in [0.1, 0.15) is 5.56 Å². The maximum atomic E-state index is 12.9. The molecule has 1 saturated heterocycles. The quantitative estimate of drug-likeness (QED) is 0.894. The first-order valence-corrected chi connectivity index (χ1v) is 9.68. The number of benzene rings is 2. The van der Waals surface area contributed by atoms with Crippen molar-refractivity contribution in [3.63, 3.8) is 0 Å². The Kier molecular flexibility index (Phi) is 5.24. The van der Waals surface area contributed by atoms with Gasteiger partial charge in [-0.05, 0) is 43.3 Å². The largest absolute Gasteiger partial charge is 0.322 e. The van der Waals surface area contributed by atoms with Crippen LogP contribution < -0.4 is 5.32 Å². The monoisotopic (exact) mass is 377 g/mol. The lowest BCUT2D eigenvalue weighted by molar-refractivity contribution is 0.184. The standard InChI is InChI=1S/C18H20FN3O3S/c1-14-2-8-17(9-3-14)26(24,25)22-12-10-21(11-13-22)18(23)20-16-6-4-15(19)5-7-16/h2-9H,10-13H2,1H3,(H,20,23). The Morgan fingerprint density at radius 2 is 1.54 bits per heavy atom. The molecule has 0 aromatic heterocycles. The van der Waals surface area contributed by atoms with Crippen LogP contribution in [0.3, 0.4) is 0 Å². The van der Waals surface area contributed by atoms with Crippen LogP contribution >= 0.6 is 0 Å². The molecule has 0 bridgehead atoms. The van der Waals surface area contributed by atoms with Crippen LogP contribution in [0.4, 0.5) is 14.9 Å². The number of nitrogens with zero attached hydrogens (tertiary/aromatic N) is 2. The van der Waals surface area contributed by atoms with Gasteiger partial charge in [0.15, 0.2) is 0 Å². The number of carbonyl (C=O) groups excluding carboxylic acids is 1. The molecule has 1 aliphatic heterocycles. The number of nitrogens with one attached hydrogen (secondary N) is 1. The predicted octanol–water partition coefficient (Wildman–Crippen LogP) is 2.67. The molecule has 138 valence electrons. The highest BCUT2D eigenvalue weighted by Crippen LogP contribution is 2.18. The van der Waals surface area contributed by atoms with E-state index in [9.17, 15) is 17.6 Å². The number of urea groups is 1. The first-order valence-electron chi connectivity index (χ1n) is 8.24. The number of carbonyl (C=O) groups is 1. The van der Waals surface area contributed by atoms with Crippen molar-refractivity contribution in [1.29, 1.82) is 0 Å². The first kappa shape index (κ1) is 18.3. The highest BCUT2D eigenvalue weighted by Gasteiger charge is 2.30. The Labute approximate surface area is 152 Å². The van der Waals surface area contributed by atoms with Gasteiger partial charge in [0.1, 0.15) is 5.82 Å². The highest BCUT2D eigenvalue weighted by atomic mass is 32.2. The lowest BCUT2D eigenvalue weighted by atomic mass is 10.2. The smallest absolute Gasteiger partial charge is 0.321 e. The van der Waals surface area contributed by atoms with E-state index in [4.69, 9.17) is 0 Å². The first-order chi connectivity index (χ1) is 12.4. The average Bonchev–Trinajstić information content (AvgIpc) is 2.64. The van der Waals surface area contributed by atoms with Crippen molar-refractivity contribution in [2.45, 2.75) is 11.8 Å². The van der Waals surface area contributed by atoms with Crippen LogP contribution in [-0.2, 0) is 10.0 Å². The fraction of sp³-hybridized carbons (Fsp3) is 0.278. The summed E-state index contributed by atoms with van der Waals surface area (Å²) in [4.78, 5) is 14.1. The molecule has 1 N–H and O–H groups in total. The molecule has 0 atom stereocenters. The summed E-state index contributed by atoms with van der Waals surface area (Å²) in [6, 6.07) is 11.9. The van der Waals surface area contributed by atoms with Gasteiger partial charge in [-0.3, -0.25) is 0 Å². The molecule has 3 rings (SSSR count). The highest BCUT2D eigenvalue weighted by molar-refractivity contribution is 7.89. The molecule has 2 aromatic carbocycles. The molecule has 1 heterocycles. The zero-order chi connectivity index (χ0) is 18.7. The zero-order valence-corrected chi connectivity index (χ0v) is 15.2. The van der Waals surface area contributed by atoms with Crippen LogP contribution in [0.15, 0.2) is 53.4 Å². The number of halogens is 1. The number of hydrogen-bond acceptors (Lipinski definition) is 3. The van der Waals surface area contributed by atoms with Gasteiger partial charge in [-0.2, -0.15) is 4.31 Å². The number of piperazine rings is 1. The third-order valence-electron chi connectivity index (χ3n) is 4.28. The second-order valence-electron chi connectivity index (χ2n) is 6.14. The molecular formula is C18H20FN3O3S. The number of aryl methyl sites for hydroxylation is 1. The molecular weight excluding hydrogens is 357 g/mol. The van der Waals surface area contributed by atoms with Crippen molar-refractivity contribution >= 4 is 21.7 Å². The van der Waals surface area contributed by atoms with Crippen LogP contribution in [-0.4, -0.2) is 49.8 Å². The summed E-state index contributed by atoms with van der Waals surface area (Å²) in [5, 5.41) is 2.68. The molecule has 8 heteroatoms. The number of rotatable bonds is 3. The van der Waals surface area contributed by atoms with Gasteiger partial charge in [-0.1, -0.05) is 17.7 Å². The fourth-order valence-corrected chi connectivity index (χ4v) is 4.15. The van der Waals surface area contributed by atoms with Gasteiger partial charge in [0.05, 0.1) is 4.90 Å². The maximum absolute atomic E-state index is 12.9. The molecule has 2 aromatic rings. The van der Waals surface area contributed by atoms with Crippen LogP contribution in [0, 0.1) is 12.7 Å². The summed E-state index contributed by atoms with van der Waals surface area (Å²) in [5.41, 5.74) is 1.48. The van der Waals surface area contributed by atoms with E-state index >= 15 is 0 Å². The Morgan fingerprint density at radius 3 is 2.12 bits per heavy atom. The lowest BCUT2D eigenvalue weighted by Crippen LogP contribution is -2.51. The zero-order valence-electron chi connectivity index (χ0n) is 14.4. The summed E-state index contributed by atoms with van der Waals surface area (Å²) in [5.74, 6) is -0.377. The van der Waals surface area contributed by atoms with Crippen molar-refractivity contribution in [2.24, 2.45) is 0 Å². The van der Waals surface area contributed by atoms with Gasteiger partial charge in [-0.25, -0.2) is 17.6 Å². The third-order valence-corrected chi connectivity index (χ3v) is 6.19. The Hall–Kier alpha value is -2.45. The third kappa shape index (κ3) is 4.03. The second-order valence-corrected chi connectivity index (χ2v) is 8.08. The molecule has 0 saturated carbocycles. The van der Waals surface area contributed by atoms with Gasteiger partial charge in [0, 0.05) is 31.9 Å². The number of amides is 2. The molecule has 0 unspecified atom stereocenters. The molecule has 0 radical (unpaired) electrons. The second kappa shape index (κ2) is 7.43. The van der Waals surface area contributed by atoms with Crippen molar-refractivity contribution in [2.75, 3.05) is 31.5 Å². The van der Waals surface area contributed by atoms with Crippen LogP contribution in [0.25, 0.3) is 0 Å². The SMILES string of the molecule is Cc1ccc(S(=O)(=O)N2CCN(C(=O)Nc3ccc(F)cc3)CC2)cc1. The van der Waals surface area contributed by atoms with Crippen molar-refractivity contribution < 1.29 is 17.6 Å². The van der Waals surface area contributed by atoms with E-state index in [1.54, 1.807) is 29.2 Å². The molecule has 0 spiro atoms. The van der Waals surface area contributed by atoms with Gasteiger partial charge in [0.2, 0.25) is 10.0 Å². The number of hydrogen-bond donors (Lipinski definition) is 1. The Balaban J connectivity index is 1.60. The topological polar surface area (TPSA) is 69.7 Å². The van der Waals surface area contributed by atoms with Crippen LogP contribution in [0.2, 0.25) is 0 Å². The van der Waals surface area contributed by atoms with Crippen LogP contribution in [0.5, 0.6) is 0 Å². The molecule has 2 amide bonds. The normalized spacial score (nSPS) is 15.7. The van der Waals surface area contributed by atoms with E-state index in [1.165, 1.54) is 28.6 Å². The molecule has 1 aliphatic rings. The van der Waals surface area contributed by atoms with E-state index in [1.807, 2.05) is 6.92 Å². The van der Waals surface area contributed by atoms with E-state index in [-0.39, 0.29) is 42.9 Å². The van der Waals surface area contributed by atoms with Gasteiger partial charge in [-0.15, -0.1) is 0 Å². The summed E-state index contributed by atoms with van der Waals surface area (Å²) in [6.45, 7) is 2.94. The minimum atomic E-state index is -3.56. The van der Waals surface area contributed by atoms with E-state index < -0.39 is 10.0 Å². The maximum Gasteiger partial charge on any atom is 0.321 e. The van der Waals surface area contributed by atoms with Crippen molar-refractivity contribution in [3.05, 3.63) is 59.9 Å². The molecule has 1 fully saturated rings. The van der Waals surface area contributed by atoms with Gasteiger partial charge in [0.25, 0.3) is 0 Å². The molecule has 6 nitrogen and oxygen atoms in total. The molecule has 0 aliphatic carbocycles. The Bertz CT molecular complexity index is 875. The molecule has 26 heavy (non-hydrogen) atoms. The number of anilines is 1. The minimum absolute atomic E-state index is 0.229. The van der Waals surface area contributed by atoms with E-state index in [2.05, 4.69) is 5.32 Å². The summed E-state index contributed by atoms with van der Waals surface area (Å²) >= 11 is 0. The number of sulfonamides is 1. The van der Waals surface area contributed by atoms with Crippen molar-refractivity contribution in [1.82, 2.24) is 9.21 Å². The average molecular weight is 377 g/mol. The summed E-state index contributed by atoms with van der Waals surface area (Å²) in [7, 11) is -3.56. The Morgan fingerprint density at radius 1 is 0.962 bits per heavy atom. The van der Waals surface area contributed by atoms with Gasteiger partial charge >= 0.3 is 6.03 Å². The fourth-order valence-electron chi connectivity index (χ4n) is 2.73. The minimum Gasteiger partial charge on any atom is -0.322 e. The summed E-state index contributed by atoms with van der Waals surface area (Å²) in [6.07, 6.45) is 0. The van der Waals surface area contributed by atoms with E-state index in [0.717, 1.165) is 5.56 Å². The lowest BCUT2D eigenvalue weighted by Gasteiger charge is -2.34. The van der Waals surface area contributed by atoms with Crippen molar-refractivity contribution in [3.8, 4) is 0 Å². The summed E-state index contributed by atoms with van der Waals surface area (Å²) < 4.78 is 39.6. The predicted molar refractivity (Wildman–Crippen MR) is 96.9 cm³/mol. The van der Waals surface area contributed by atoms with Gasteiger partial charge < -0.3 is 10.2 Å². The van der Waals surface area contributed by atoms with E-state index in [0.29, 0.717) is 5.69 Å².